The topological polar surface area (TPSA) is 44.2 Å². The predicted molar refractivity (Wildman–Crippen MR) is 69.0 cm³/mol. The van der Waals surface area contributed by atoms with Crippen LogP contribution in [0, 0.1) is 0 Å². The van der Waals surface area contributed by atoms with Crippen molar-refractivity contribution in [2.75, 3.05) is 13.2 Å². The summed E-state index contributed by atoms with van der Waals surface area (Å²) in [5.41, 5.74) is 0.792. The van der Waals surface area contributed by atoms with Gasteiger partial charge in [-0.2, -0.15) is 4.98 Å². The quantitative estimate of drug-likeness (QED) is 0.800. The van der Waals surface area contributed by atoms with Gasteiger partial charge in [-0.15, -0.1) is 0 Å². The van der Waals surface area contributed by atoms with E-state index < -0.39 is 0 Å². The van der Waals surface area contributed by atoms with E-state index in [-0.39, 0.29) is 11.4 Å². The monoisotopic (exact) mass is 264 g/mol. The minimum absolute atomic E-state index is 0.164. The Bertz CT molecular complexity index is 556. The van der Waals surface area contributed by atoms with E-state index in [0.29, 0.717) is 12.5 Å². The molecule has 5 heteroatoms. The van der Waals surface area contributed by atoms with Gasteiger partial charge in [0.2, 0.25) is 11.2 Å². The van der Waals surface area contributed by atoms with Crippen LogP contribution in [0.3, 0.4) is 0 Å². The van der Waals surface area contributed by atoms with Gasteiger partial charge in [-0.1, -0.05) is 12.1 Å². The predicted octanol–water partition coefficient (Wildman–Crippen LogP) is 2.84. The zero-order valence-electron chi connectivity index (χ0n) is 9.80. The average molecular weight is 265 g/mol. The van der Waals surface area contributed by atoms with Gasteiger partial charge in [0.15, 0.2) is 0 Å². The Morgan fingerprint density at radius 1 is 1.33 bits per heavy atom. The van der Waals surface area contributed by atoms with Gasteiger partial charge < -0.3 is 9.47 Å². The zero-order chi connectivity index (χ0) is 12.4. The first-order chi connectivity index (χ1) is 8.83. The maximum Gasteiger partial charge on any atom is 0.226 e. The number of halogens is 1. The summed E-state index contributed by atoms with van der Waals surface area (Å²) in [4.78, 5) is 8.30. The molecule has 1 aromatic heterocycles. The van der Waals surface area contributed by atoms with Gasteiger partial charge in [0.25, 0.3) is 0 Å². The normalized spacial score (nSPS) is 19.3. The molecular weight excluding hydrogens is 252 g/mol. The third-order valence-electron chi connectivity index (χ3n) is 2.97. The number of nitrogens with zero attached hydrogens (tertiary/aromatic N) is 2. The van der Waals surface area contributed by atoms with Crippen molar-refractivity contribution in [3.05, 3.63) is 29.5 Å². The molecule has 0 saturated carbocycles. The summed E-state index contributed by atoms with van der Waals surface area (Å²) in [7, 11) is 0. The van der Waals surface area contributed by atoms with Gasteiger partial charge in [0.1, 0.15) is 6.61 Å². The fourth-order valence-electron chi connectivity index (χ4n) is 2.08. The van der Waals surface area contributed by atoms with Crippen molar-refractivity contribution in [3.8, 4) is 5.88 Å². The van der Waals surface area contributed by atoms with Crippen LogP contribution in [0.25, 0.3) is 10.9 Å². The van der Waals surface area contributed by atoms with E-state index in [1.54, 1.807) is 0 Å². The highest BCUT2D eigenvalue weighted by molar-refractivity contribution is 6.28. The first-order valence-electron chi connectivity index (χ1n) is 5.99. The molecule has 1 fully saturated rings. The number of para-hydroxylation sites is 1. The molecule has 2 aromatic rings. The summed E-state index contributed by atoms with van der Waals surface area (Å²) in [6.45, 7) is 1.33. The molecule has 2 heterocycles. The number of hydrogen-bond donors (Lipinski definition) is 0. The van der Waals surface area contributed by atoms with Crippen LogP contribution < -0.4 is 4.74 Å². The summed E-state index contributed by atoms with van der Waals surface area (Å²) in [5.74, 6) is 0.529. The van der Waals surface area contributed by atoms with Gasteiger partial charge >= 0.3 is 0 Å². The lowest BCUT2D eigenvalue weighted by Crippen LogP contribution is -2.17. The highest BCUT2D eigenvalue weighted by Gasteiger charge is 2.17. The molecule has 0 N–H and O–H groups in total. The largest absolute Gasteiger partial charge is 0.474 e. The molecule has 18 heavy (non-hydrogen) atoms. The SMILES string of the molecule is Clc1nc(OCC2CCCO2)c2ccccc2n1. The highest BCUT2D eigenvalue weighted by Crippen LogP contribution is 2.24. The van der Waals surface area contributed by atoms with E-state index in [9.17, 15) is 0 Å². The molecule has 94 valence electrons. The molecule has 1 aromatic carbocycles. The standard InChI is InChI=1S/C13H13ClN2O2/c14-13-15-11-6-2-1-5-10(11)12(16-13)18-8-9-4-3-7-17-9/h1-2,5-6,9H,3-4,7-8H2. The fraction of sp³-hybridized carbons (Fsp3) is 0.385. The highest BCUT2D eigenvalue weighted by atomic mass is 35.5. The van der Waals surface area contributed by atoms with Crippen molar-refractivity contribution in [2.24, 2.45) is 0 Å². The number of rotatable bonds is 3. The number of benzene rings is 1. The minimum atomic E-state index is 0.164. The Hall–Kier alpha value is -1.39. The first-order valence-corrected chi connectivity index (χ1v) is 6.37. The van der Waals surface area contributed by atoms with Gasteiger partial charge in [-0.3, -0.25) is 0 Å². The maximum atomic E-state index is 5.89. The van der Waals surface area contributed by atoms with Crippen LogP contribution in [0.5, 0.6) is 5.88 Å². The van der Waals surface area contributed by atoms with Gasteiger partial charge in [0, 0.05) is 6.61 Å². The molecule has 1 atom stereocenters. The zero-order valence-corrected chi connectivity index (χ0v) is 10.6. The molecule has 0 spiro atoms. The van der Waals surface area contributed by atoms with Crippen LogP contribution in [0.2, 0.25) is 5.28 Å². The molecule has 0 aliphatic carbocycles. The average Bonchev–Trinajstić information content (AvgIpc) is 2.89. The lowest BCUT2D eigenvalue weighted by Gasteiger charge is -2.12. The fourth-order valence-corrected chi connectivity index (χ4v) is 2.25. The molecule has 3 rings (SSSR count). The van der Waals surface area contributed by atoms with Crippen molar-refractivity contribution in [1.29, 1.82) is 0 Å². The molecule has 1 unspecified atom stereocenters. The first kappa shape index (κ1) is 11.7. The van der Waals surface area contributed by atoms with E-state index in [0.717, 1.165) is 30.4 Å². The van der Waals surface area contributed by atoms with Crippen LogP contribution in [0.15, 0.2) is 24.3 Å². The van der Waals surface area contributed by atoms with Crippen molar-refractivity contribution in [3.63, 3.8) is 0 Å². The van der Waals surface area contributed by atoms with Gasteiger partial charge in [-0.05, 0) is 36.6 Å². The van der Waals surface area contributed by atoms with Crippen LogP contribution >= 0.6 is 11.6 Å². The molecular formula is C13H13ClN2O2. The number of aromatic nitrogens is 2. The Morgan fingerprint density at radius 3 is 3.06 bits per heavy atom. The van der Waals surface area contributed by atoms with Crippen molar-refractivity contribution < 1.29 is 9.47 Å². The number of hydrogen-bond acceptors (Lipinski definition) is 4. The lowest BCUT2D eigenvalue weighted by molar-refractivity contribution is 0.0669. The summed E-state index contributed by atoms with van der Waals surface area (Å²) in [5, 5.41) is 1.08. The molecule has 1 aliphatic rings. The second-order valence-electron chi connectivity index (χ2n) is 4.26. The molecule has 4 nitrogen and oxygen atoms in total. The summed E-state index contributed by atoms with van der Waals surface area (Å²) in [6.07, 6.45) is 2.30. The molecule has 1 saturated heterocycles. The Labute approximate surface area is 110 Å². The molecule has 0 radical (unpaired) electrons. The second kappa shape index (κ2) is 5.08. The van der Waals surface area contributed by atoms with Crippen molar-refractivity contribution in [1.82, 2.24) is 9.97 Å². The van der Waals surface area contributed by atoms with Crippen LogP contribution in [-0.4, -0.2) is 29.3 Å². The van der Waals surface area contributed by atoms with Gasteiger partial charge in [0.05, 0.1) is 17.0 Å². The number of fused-ring (bicyclic) bond motifs is 1. The second-order valence-corrected chi connectivity index (χ2v) is 4.60. The van der Waals surface area contributed by atoms with E-state index in [1.807, 2.05) is 24.3 Å². The Kier molecular flexibility index (Phi) is 3.30. The maximum absolute atomic E-state index is 5.89. The minimum Gasteiger partial charge on any atom is -0.474 e. The van der Waals surface area contributed by atoms with Gasteiger partial charge in [-0.25, -0.2) is 4.98 Å². The van der Waals surface area contributed by atoms with Crippen molar-refractivity contribution >= 4 is 22.5 Å². The molecule has 0 bridgehead atoms. The Balaban J connectivity index is 1.85. The van der Waals surface area contributed by atoms with Crippen LogP contribution in [0.4, 0.5) is 0 Å². The smallest absolute Gasteiger partial charge is 0.226 e. The lowest BCUT2D eigenvalue weighted by atomic mass is 10.2. The van der Waals surface area contributed by atoms with E-state index >= 15 is 0 Å². The summed E-state index contributed by atoms with van der Waals surface area (Å²) >= 11 is 5.89. The van der Waals surface area contributed by atoms with E-state index in [4.69, 9.17) is 21.1 Å². The Morgan fingerprint density at radius 2 is 2.22 bits per heavy atom. The van der Waals surface area contributed by atoms with E-state index in [2.05, 4.69) is 9.97 Å². The van der Waals surface area contributed by atoms with Crippen molar-refractivity contribution in [2.45, 2.75) is 18.9 Å². The third kappa shape index (κ3) is 2.40. The molecule has 1 aliphatic heterocycles. The third-order valence-corrected chi connectivity index (χ3v) is 3.14. The summed E-state index contributed by atoms with van der Waals surface area (Å²) in [6, 6.07) is 7.66. The van der Waals surface area contributed by atoms with Crippen LogP contribution in [0.1, 0.15) is 12.8 Å². The number of ether oxygens (including phenoxy) is 2. The summed E-state index contributed by atoms with van der Waals surface area (Å²) < 4.78 is 11.2. The van der Waals surface area contributed by atoms with E-state index in [1.165, 1.54) is 0 Å². The molecule has 0 amide bonds. The van der Waals surface area contributed by atoms with Crippen LogP contribution in [-0.2, 0) is 4.74 Å².